The first-order chi connectivity index (χ1) is 15.8. The molecule has 3 heterocycles. The van der Waals surface area contributed by atoms with Crippen LogP contribution in [0.5, 0.6) is 0 Å². The molecule has 0 spiro atoms. The number of thioether (sulfide) groups is 1. The number of benzene rings is 2. The minimum Gasteiger partial charge on any atom is -0.241 e. The molecule has 0 saturated heterocycles. The summed E-state index contributed by atoms with van der Waals surface area (Å²) in [6, 6.07) is 20.6. The molecule has 0 bridgehead atoms. The van der Waals surface area contributed by atoms with Crippen LogP contribution in [0.4, 0.5) is 0 Å². The van der Waals surface area contributed by atoms with Gasteiger partial charge >= 0.3 is 0 Å². The highest BCUT2D eigenvalue weighted by atomic mass is 32.2. The number of H-pyrrole nitrogens is 1. The van der Waals surface area contributed by atoms with Gasteiger partial charge in [-0.15, -0.1) is 32.2 Å². The summed E-state index contributed by atoms with van der Waals surface area (Å²) in [5.41, 5.74) is 3.18. The van der Waals surface area contributed by atoms with Gasteiger partial charge in [0.25, 0.3) is 0 Å². The van der Waals surface area contributed by atoms with Gasteiger partial charge in [0.15, 0.2) is 5.82 Å². The summed E-state index contributed by atoms with van der Waals surface area (Å²) in [6.45, 7) is 0.702. The van der Waals surface area contributed by atoms with Crippen molar-refractivity contribution < 1.29 is 0 Å². The molecule has 0 fully saturated rings. The number of rotatable bonds is 9. The van der Waals surface area contributed by atoms with Gasteiger partial charge in [-0.1, -0.05) is 47.7 Å². The van der Waals surface area contributed by atoms with Gasteiger partial charge in [0.2, 0.25) is 5.82 Å². The number of nitrogens with one attached hydrogen (secondary N) is 1. The third kappa shape index (κ3) is 4.97. The van der Waals surface area contributed by atoms with Crippen molar-refractivity contribution in [3.05, 3.63) is 72.1 Å². The number of fused-ring (bicyclic) bond motifs is 1. The molecule has 0 aliphatic rings. The number of hydrogen-bond donors (Lipinski definition) is 1. The molecule has 160 valence electrons. The molecular formula is C22H21N9S. The molecule has 5 aromatic rings. The van der Waals surface area contributed by atoms with E-state index in [4.69, 9.17) is 4.98 Å². The molecular weight excluding hydrogens is 422 g/mol. The van der Waals surface area contributed by atoms with Crippen LogP contribution in [0, 0.1) is 0 Å². The van der Waals surface area contributed by atoms with E-state index < -0.39 is 0 Å². The third-order valence-electron chi connectivity index (χ3n) is 5.00. The van der Waals surface area contributed by atoms with Crippen molar-refractivity contribution in [2.24, 2.45) is 0 Å². The Bertz CT molecular complexity index is 1300. The number of pyridine rings is 1. The van der Waals surface area contributed by atoms with Crippen molar-refractivity contribution in [1.29, 1.82) is 0 Å². The zero-order valence-corrected chi connectivity index (χ0v) is 18.1. The van der Waals surface area contributed by atoms with Gasteiger partial charge in [-0.05, 0) is 41.8 Å². The number of unbranched alkanes of at least 4 members (excludes halogenated alkanes) is 1. The second-order valence-electron chi connectivity index (χ2n) is 7.33. The summed E-state index contributed by atoms with van der Waals surface area (Å²) >= 11 is 1.72. The van der Waals surface area contributed by atoms with Crippen molar-refractivity contribution >= 4 is 22.7 Å². The van der Waals surface area contributed by atoms with E-state index in [0.717, 1.165) is 52.3 Å². The molecule has 0 unspecified atom stereocenters. The van der Waals surface area contributed by atoms with E-state index in [0.29, 0.717) is 12.4 Å². The Kier molecular flexibility index (Phi) is 6.11. The van der Waals surface area contributed by atoms with E-state index in [9.17, 15) is 0 Å². The van der Waals surface area contributed by atoms with E-state index in [1.165, 1.54) is 5.56 Å². The van der Waals surface area contributed by atoms with Crippen molar-refractivity contribution in [2.75, 3.05) is 0 Å². The highest BCUT2D eigenvalue weighted by molar-refractivity contribution is 7.98. The summed E-state index contributed by atoms with van der Waals surface area (Å²) in [6.07, 6.45) is 2.63. The first-order valence-electron chi connectivity index (χ1n) is 10.4. The van der Waals surface area contributed by atoms with Crippen molar-refractivity contribution in [2.45, 2.75) is 36.6 Å². The maximum Gasteiger partial charge on any atom is 0.204 e. The number of aromatic amines is 1. The average molecular weight is 444 g/mol. The van der Waals surface area contributed by atoms with Crippen molar-refractivity contribution in [3.8, 4) is 11.4 Å². The van der Waals surface area contributed by atoms with Gasteiger partial charge in [0.1, 0.15) is 0 Å². The Morgan fingerprint density at radius 2 is 1.91 bits per heavy atom. The molecule has 32 heavy (non-hydrogen) atoms. The van der Waals surface area contributed by atoms with Crippen LogP contribution in [-0.2, 0) is 18.7 Å². The van der Waals surface area contributed by atoms with Crippen molar-refractivity contribution in [3.63, 3.8) is 0 Å². The van der Waals surface area contributed by atoms with E-state index in [-0.39, 0.29) is 0 Å². The van der Waals surface area contributed by atoms with E-state index in [1.54, 1.807) is 16.6 Å². The highest BCUT2D eigenvalue weighted by Crippen LogP contribution is 2.25. The van der Waals surface area contributed by atoms with Crippen LogP contribution in [0.25, 0.3) is 22.3 Å². The fourth-order valence-electron chi connectivity index (χ4n) is 3.36. The summed E-state index contributed by atoms with van der Waals surface area (Å²) in [5.74, 6) is 2.19. The second-order valence-corrected chi connectivity index (χ2v) is 8.32. The van der Waals surface area contributed by atoms with Gasteiger partial charge in [-0.2, -0.15) is 10.0 Å². The van der Waals surface area contributed by atoms with Crippen molar-refractivity contribution in [1.82, 2.24) is 45.8 Å². The Hall–Kier alpha value is -3.66. The lowest BCUT2D eigenvalue weighted by Crippen LogP contribution is -2.03. The molecule has 0 saturated carbocycles. The first-order valence-corrected chi connectivity index (χ1v) is 11.4. The molecule has 5 rings (SSSR count). The largest absolute Gasteiger partial charge is 0.241 e. The fraction of sp³-hybridized carbons (Fsp3) is 0.227. The topological polar surface area (TPSA) is 111 Å². The van der Waals surface area contributed by atoms with Crippen LogP contribution in [0.1, 0.15) is 24.2 Å². The smallest absolute Gasteiger partial charge is 0.204 e. The number of tetrazole rings is 2. The normalized spacial score (nSPS) is 11.2. The van der Waals surface area contributed by atoms with E-state index >= 15 is 0 Å². The van der Waals surface area contributed by atoms with Crippen LogP contribution >= 0.6 is 11.8 Å². The lowest BCUT2D eigenvalue weighted by Gasteiger charge is -2.04. The number of aryl methyl sites for hydroxylation is 2. The van der Waals surface area contributed by atoms with Gasteiger partial charge < -0.3 is 0 Å². The number of hydrogen-bond acceptors (Lipinski definition) is 8. The van der Waals surface area contributed by atoms with Crippen LogP contribution in [0.2, 0.25) is 0 Å². The van der Waals surface area contributed by atoms with Gasteiger partial charge in [0, 0.05) is 23.1 Å². The van der Waals surface area contributed by atoms with Gasteiger partial charge in [0.05, 0.1) is 17.1 Å². The van der Waals surface area contributed by atoms with Crippen LogP contribution in [0.15, 0.2) is 65.7 Å². The molecule has 0 radical (unpaired) electrons. The first kappa shape index (κ1) is 20.3. The minimum atomic E-state index is 0.638. The molecule has 3 aromatic heterocycles. The van der Waals surface area contributed by atoms with Crippen LogP contribution in [0.3, 0.4) is 0 Å². The Morgan fingerprint density at radius 1 is 0.938 bits per heavy atom. The number of aromatic nitrogens is 9. The molecule has 10 heteroatoms. The molecule has 2 aromatic carbocycles. The fourth-order valence-corrected chi connectivity index (χ4v) is 4.18. The van der Waals surface area contributed by atoms with Gasteiger partial charge in [-0.25, -0.2) is 4.98 Å². The molecule has 0 aliphatic carbocycles. The second kappa shape index (κ2) is 9.65. The molecule has 1 N–H and O–H groups in total. The number of para-hydroxylation sites is 1. The predicted octanol–water partition coefficient (Wildman–Crippen LogP) is 3.72. The highest BCUT2D eigenvalue weighted by Gasteiger charge is 2.08. The third-order valence-corrected chi connectivity index (χ3v) is 6.00. The molecule has 0 atom stereocenters. The Labute approximate surface area is 188 Å². The monoisotopic (exact) mass is 443 g/mol. The molecule has 0 amide bonds. The summed E-state index contributed by atoms with van der Waals surface area (Å²) in [5, 5.41) is 29.1. The van der Waals surface area contributed by atoms with Gasteiger partial charge in [-0.3, -0.25) is 0 Å². The maximum absolute atomic E-state index is 4.74. The summed E-state index contributed by atoms with van der Waals surface area (Å²) in [7, 11) is 0. The standard InChI is InChI=1S/C22H21N9S/c1-2-9-19-17(7-1)11-12-21(23-19)32-15-16-6-5-8-18(14-16)22-26-30-31(27-22)13-4-3-10-20-24-28-29-25-20/h1-2,5-9,11-12,14H,3-4,10,13,15H2,(H,24,25,28,29). The zero-order valence-electron chi connectivity index (χ0n) is 17.3. The maximum atomic E-state index is 4.74. The minimum absolute atomic E-state index is 0.638. The zero-order chi connectivity index (χ0) is 21.6. The summed E-state index contributed by atoms with van der Waals surface area (Å²) in [4.78, 5) is 6.38. The Balaban J connectivity index is 1.18. The lowest BCUT2D eigenvalue weighted by molar-refractivity contribution is 0.486. The Morgan fingerprint density at radius 3 is 2.84 bits per heavy atom. The molecule has 9 nitrogen and oxygen atoms in total. The van der Waals surface area contributed by atoms with Crippen LogP contribution in [-0.4, -0.2) is 45.8 Å². The number of nitrogens with zero attached hydrogens (tertiary/aromatic N) is 8. The van der Waals surface area contributed by atoms with Crippen LogP contribution < -0.4 is 0 Å². The quantitative estimate of drug-likeness (QED) is 0.271. The lowest BCUT2D eigenvalue weighted by atomic mass is 10.1. The van der Waals surface area contributed by atoms with E-state index in [1.807, 2.05) is 30.3 Å². The summed E-state index contributed by atoms with van der Waals surface area (Å²) < 4.78 is 0. The predicted molar refractivity (Wildman–Crippen MR) is 122 cm³/mol. The molecule has 0 aliphatic heterocycles. The average Bonchev–Trinajstić information content (AvgIpc) is 3.53. The SMILES string of the molecule is c1cc(CSc2ccc3ccccc3n2)cc(-c2nnn(CCCCc3nn[nH]n3)n2)c1. The van der Waals surface area contributed by atoms with E-state index in [2.05, 4.69) is 66.4 Å².